The van der Waals surface area contributed by atoms with Gasteiger partial charge in [0.05, 0.1) is 6.61 Å². The van der Waals surface area contributed by atoms with Crippen molar-refractivity contribution in [3.05, 3.63) is 69.7 Å². The molecule has 1 saturated heterocycles. The number of rotatable bonds is 6. The van der Waals surface area contributed by atoms with Gasteiger partial charge in [-0.2, -0.15) is 0 Å². The Morgan fingerprint density at radius 1 is 1.06 bits per heavy atom. The summed E-state index contributed by atoms with van der Waals surface area (Å²) >= 11 is 6.53. The molecule has 0 bridgehead atoms. The first kappa shape index (κ1) is 25.8. The fourth-order valence-electron chi connectivity index (χ4n) is 6.32. The van der Waals surface area contributed by atoms with E-state index in [1.807, 2.05) is 0 Å². The number of hydrogen-bond acceptors (Lipinski definition) is 6. The molecule has 5 rings (SSSR count). The van der Waals surface area contributed by atoms with E-state index >= 15 is 0 Å². The number of ketones is 1. The average Bonchev–Trinajstić information content (AvgIpc) is 2.89. The Morgan fingerprint density at radius 2 is 1.75 bits per heavy atom. The molecule has 1 spiro atoms. The number of hydrogen-bond donors (Lipinski definition) is 3. The molecular weight excluding hydrogens is 480 g/mol. The highest BCUT2D eigenvalue weighted by Crippen LogP contribution is 2.54. The lowest BCUT2D eigenvalue weighted by Crippen LogP contribution is -2.62. The van der Waals surface area contributed by atoms with Gasteiger partial charge in [-0.3, -0.25) is 4.79 Å². The molecule has 4 atom stereocenters. The molecule has 3 fully saturated rings. The average molecular weight is 515 g/mol. The number of carbonyl (C=O) groups excluding carboxylic acids is 1. The molecule has 194 valence electrons. The van der Waals surface area contributed by atoms with Crippen LogP contribution in [-0.4, -0.2) is 53.1 Å². The minimum Gasteiger partial charge on any atom is -0.394 e. The minimum atomic E-state index is -1.86. The molecule has 3 aliphatic rings. The highest BCUT2D eigenvalue weighted by Gasteiger charge is 2.55. The van der Waals surface area contributed by atoms with Gasteiger partial charge in [-0.1, -0.05) is 48.4 Å². The number of carbonyl (C=O) groups is 1. The molecule has 2 aromatic rings. The standard InChI is InChI=1S/C29H35ClO6/c1-35-29(27(34)26(33)25(32)24(17-31)36-29)22-7-8-23(30)21(16-22)15-18-3-5-19(6-4-18)20-9-13-28(14-10-20)11-2-12-28/h3-8,16,20,24-25,27,31-32,34H,2,9-15,17H2,1H3/t24-,25-,27-,29?/m1/s1. The summed E-state index contributed by atoms with van der Waals surface area (Å²) in [5.41, 5.74) is 4.34. The third-order valence-corrected chi connectivity index (χ3v) is 9.21. The molecule has 0 amide bonds. The van der Waals surface area contributed by atoms with Gasteiger partial charge < -0.3 is 24.8 Å². The van der Waals surface area contributed by atoms with E-state index in [9.17, 15) is 20.1 Å². The highest BCUT2D eigenvalue weighted by molar-refractivity contribution is 6.31. The van der Waals surface area contributed by atoms with E-state index < -0.39 is 36.5 Å². The zero-order chi connectivity index (χ0) is 25.5. The maximum Gasteiger partial charge on any atom is 0.229 e. The first-order chi connectivity index (χ1) is 17.3. The Balaban J connectivity index is 1.34. The predicted molar refractivity (Wildman–Crippen MR) is 136 cm³/mol. The van der Waals surface area contributed by atoms with Crippen LogP contribution in [0.15, 0.2) is 42.5 Å². The molecule has 2 aromatic carbocycles. The van der Waals surface area contributed by atoms with Crippen LogP contribution in [0.4, 0.5) is 0 Å². The lowest BCUT2D eigenvalue weighted by Gasteiger charge is -2.47. The Bertz CT molecular complexity index is 1090. The summed E-state index contributed by atoms with van der Waals surface area (Å²) in [6.07, 6.45) is 5.43. The van der Waals surface area contributed by atoms with E-state index in [1.165, 1.54) is 57.6 Å². The number of benzene rings is 2. The van der Waals surface area contributed by atoms with Crippen LogP contribution >= 0.6 is 11.6 Å². The third-order valence-electron chi connectivity index (χ3n) is 8.84. The maximum absolute atomic E-state index is 12.5. The van der Waals surface area contributed by atoms with Gasteiger partial charge in [0.1, 0.15) is 12.2 Å². The highest BCUT2D eigenvalue weighted by atomic mass is 35.5. The molecular formula is C29H35ClO6. The minimum absolute atomic E-state index is 0.388. The van der Waals surface area contributed by atoms with Gasteiger partial charge in [0.15, 0.2) is 11.9 Å². The molecule has 1 heterocycles. The first-order valence-corrected chi connectivity index (χ1v) is 13.3. The van der Waals surface area contributed by atoms with Crippen molar-refractivity contribution < 1.29 is 29.6 Å². The number of aliphatic hydroxyl groups excluding tert-OH is 3. The van der Waals surface area contributed by atoms with E-state index in [1.54, 1.807) is 18.2 Å². The van der Waals surface area contributed by atoms with Gasteiger partial charge in [0.25, 0.3) is 0 Å². The van der Waals surface area contributed by atoms with E-state index in [0.717, 1.165) is 11.1 Å². The zero-order valence-corrected chi connectivity index (χ0v) is 21.4. The quantitative estimate of drug-likeness (QED) is 0.533. The van der Waals surface area contributed by atoms with Crippen molar-refractivity contribution in [1.82, 2.24) is 0 Å². The summed E-state index contributed by atoms with van der Waals surface area (Å²) < 4.78 is 11.3. The van der Waals surface area contributed by atoms with Crippen LogP contribution in [-0.2, 0) is 26.5 Å². The van der Waals surface area contributed by atoms with Crippen LogP contribution in [0, 0.1) is 5.41 Å². The lowest BCUT2D eigenvalue weighted by molar-refractivity contribution is -0.323. The predicted octanol–water partition coefficient (Wildman–Crippen LogP) is 4.24. The van der Waals surface area contributed by atoms with Gasteiger partial charge in [-0.25, -0.2) is 0 Å². The van der Waals surface area contributed by atoms with Crippen LogP contribution in [0.5, 0.6) is 0 Å². The number of methoxy groups -OCH3 is 1. The van der Waals surface area contributed by atoms with Crippen LogP contribution in [0.25, 0.3) is 0 Å². The molecule has 1 unspecified atom stereocenters. The van der Waals surface area contributed by atoms with Crippen molar-refractivity contribution in [3.8, 4) is 0 Å². The SMILES string of the molecule is COC1(c2ccc(Cl)c(Cc3ccc(C4CCC5(CCC5)CC4)cc3)c2)O[C@H](CO)[C@@H](O)C(=O)[C@H]1O. The Labute approximate surface area is 217 Å². The van der Waals surface area contributed by atoms with Crippen molar-refractivity contribution in [2.75, 3.05) is 13.7 Å². The fraction of sp³-hybridized carbons (Fsp3) is 0.552. The van der Waals surface area contributed by atoms with Crippen LogP contribution < -0.4 is 0 Å². The Kier molecular flexibility index (Phi) is 7.29. The summed E-state index contributed by atoms with van der Waals surface area (Å²) in [4.78, 5) is 12.5. The molecule has 3 N–H and O–H groups in total. The second-order valence-corrected chi connectivity index (χ2v) is 11.2. The van der Waals surface area contributed by atoms with Gasteiger partial charge in [-0.15, -0.1) is 0 Å². The number of halogens is 1. The third kappa shape index (κ3) is 4.53. The Morgan fingerprint density at radius 3 is 2.33 bits per heavy atom. The number of Topliss-reactive ketones (excluding diaryl/α,β-unsaturated/α-hetero) is 1. The number of aliphatic hydroxyl groups is 3. The Hall–Kier alpha value is -1.80. The molecule has 36 heavy (non-hydrogen) atoms. The normalized spacial score (nSPS) is 30.4. The van der Waals surface area contributed by atoms with Crippen molar-refractivity contribution in [2.24, 2.45) is 5.41 Å². The lowest BCUT2D eigenvalue weighted by atomic mass is 9.58. The molecule has 1 aliphatic heterocycles. The first-order valence-electron chi connectivity index (χ1n) is 12.9. The smallest absolute Gasteiger partial charge is 0.229 e. The van der Waals surface area contributed by atoms with Crippen LogP contribution in [0.2, 0.25) is 5.02 Å². The van der Waals surface area contributed by atoms with Crippen molar-refractivity contribution in [2.45, 2.75) is 81.4 Å². The molecule has 7 heteroatoms. The van der Waals surface area contributed by atoms with Crippen molar-refractivity contribution >= 4 is 17.4 Å². The molecule has 0 aromatic heterocycles. The summed E-state index contributed by atoms with van der Waals surface area (Å²) in [6, 6.07) is 13.8. The molecule has 2 saturated carbocycles. The van der Waals surface area contributed by atoms with E-state index in [0.29, 0.717) is 28.3 Å². The van der Waals surface area contributed by atoms with E-state index in [2.05, 4.69) is 24.3 Å². The number of ether oxygens (including phenoxy) is 2. The van der Waals surface area contributed by atoms with Crippen molar-refractivity contribution in [1.29, 1.82) is 0 Å². The fourth-order valence-corrected chi connectivity index (χ4v) is 6.51. The topological polar surface area (TPSA) is 96.2 Å². The van der Waals surface area contributed by atoms with E-state index in [-0.39, 0.29) is 0 Å². The molecule has 6 nitrogen and oxygen atoms in total. The van der Waals surface area contributed by atoms with Gasteiger partial charge in [0, 0.05) is 17.7 Å². The summed E-state index contributed by atoms with van der Waals surface area (Å²) in [6.45, 7) is -0.598. The maximum atomic E-state index is 12.5. The van der Waals surface area contributed by atoms with E-state index in [4.69, 9.17) is 21.1 Å². The molecule has 2 aliphatic carbocycles. The largest absolute Gasteiger partial charge is 0.394 e. The molecule has 0 radical (unpaired) electrons. The second kappa shape index (κ2) is 10.2. The van der Waals surface area contributed by atoms with Gasteiger partial charge >= 0.3 is 0 Å². The summed E-state index contributed by atoms with van der Waals surface area (Å²) in [7, 11) is 1.31. The summed E-state index contributed by atoms with van der Waals surface area (Å²) in [5.74, 6) is -2.08. The van der Waals surface area contributed by atoms with Crippen LogP contribution in [0.3, 0.4) is 0 Å². The van der Waals surface area contributed by atoms with Crippen LogP contribution in [0.1, 0.15) is 73.1 Å². The zero-order valence-electron chi connectivity index (χ0n) is 20.7. The summed E-state index contributed by atoms with van der Waals surface area (Å²) in [5, 5.41) is 30.9. The second-order valence-electron chi connectivity index (χ2n) is 10.8. The van der Waals surface area contributed by atoms with Gasteiger partial charge in [0.2, 0.25) is 5.79 Å². The monoisotopic (exact) mass is 514 g/mol. The van der Waals surface area contributed by atoms with Crippen molar-refractivity contribution in [3.63, 3.8) is 0 Å². The van der Waals surface area contributed by atoms with Gasteiger partial charge in [-0.05, 0) is 85.1 Å².